The van der Waals surface area contributed by atoms with Gasteiger partial charge >= 0.3 is 0 Å². The summed E-state index contributed by atoms with van der Waals surface area (Å²) in [5, 5.41) is 11.1. The van der Waals surface area contributed by atoms with Crippen LogP contribution in [0.1, 0.15) is 10.4 Å². The molecular weight excluding hydrogens is 246 g/mol. The molecule has 1 fully saturated rings. The summed E-state index contributed by atoms with van der Waals surface area (Å²) in [7, 11) is 0. The van der Waals surface area contributed by atoms with E-state index in [1.165, 1.54) is 23.1 Å². The van der Waals surface area contributed by atoms with Crippen LogP contribution in [0, 0.1) is 10.1 Å². The van der Waals surface area contributed by atoms with E-state index in [1.54, 1.807) is 0 Å². The molecule has 17 heavy (non-hydrogen) atoms. The summed E-state index contributed by atoms with van der Waals surface area (Å²) in [5.74, 6) is -0.380. The predicted octanol–water partition coefficient (Wildman–Crippen LogP) is 1.03. The van der Waals surface area contributed by atoms with Crippen LogP contribution in [-0.4, -0.2) is 34.9 Å². The Morgan fingerprint density at radius 2 is 2.18 bits per heavy atom. The lowest BCUT2D eigenvalue weighted by Gasteiger charge is -2.36. The molecule has 0 aromatic heterocycles. The second-order valence-electron chi connectivity index (χ2n) is 3.89. The summed E-state index contributed by atoms with van der Waals surface area (Å²) in [4.78, 5) is 23.6. The molecule has 0 saturated carbocycles. The van der Waals surface area contributed by atoms with Gasteiger partial charge in [-0.25, -0.2) is 0 Å². The minimum Gasteiger partial charge on any atom is -0.335 e. The highest BCUT2D eigenvalue weighted by atomic mass is 35.5. The van der Waals surface area contributed by atoms with Gasteiger partial charge in [-0.1, -0.05) is 11.6 Å². The number of likely N-dealkylation sites (tertiary alicyclic amines) is 1. The molecule has 90 valence electrons. The molecule has 0 spiro atoms. The fraction of sp³-hybridized carbons (Fsp3) is 0.300. The van der Waals surface area contributed by atoms with E-state index >= 15 is 0 Å². The zero-order valence-corrected chi connectivity index (χ0v) is 9.55. The summed E-state index contributed by atoms with van der Waals surface area (Å²) in [6.45, 7) is 0.858. The quantitative estimate of drug-likeness (QED) is 0.631. The van der Waals surface area contributed by atoms with Crippen molar-refractivity contribution in [2.24, 2.45) is 5.73 Å². The van der Waals surface area contributed by atoms with Gasteiger partial charge in [0.2, 0.25) is 0 Å². The molecule has 6 nitrogen and oxygen atoms in total. The number of halogens is 1. The molecule has 1 aromatic rings. The number of nitrogens with zero attached hydrogens (tertiary/aromatic N) is 2. The van der Waals surface area contributed by atoms with E-state index in [0.29, 0.717) is 13.1 Å². The molecule has 7 heteroatoms. The van der Waals surface area contributed by atoms with Crippen LogP contribution >= 0.6 is 11.6 Å². The molecular formula is C10H10ClN3O3. The molecule has 1 aromatic carbocycles. The van der Waals surface area contributed by atoms with Gasteiger partial charge in [-0.15, -0.1) is 0 Å². The monoisotopic (exact) mass is 255 g/mol. The second kappa shape index (κ2) is 4.31. The van der Waals surface area contributed by atoms with E-state index in [2.05, 4.69) is 0 Å². The number of carbonyl (C=O) groups excluding carboxylic acids is 1. The van der Waals surface area contributed by atoms with Crippen LogP contribution in [0.5, 0.6) is 0 Å². The number of hydrogen-bond donors (Lipinski definition) is 1. The Balaban J connectivity index is 2.31. The molecule has 1 heterocycles. The largest absolute Gasteiger partial charge is 0.335 e. The average molecular weight is 256 g/mol. The van der Waals surface area contributed by atoms with Crippen molar-refractivity contribution in [1.29, 1.82) is 0 Å². The first-order valence-electron chi connectivity index (χ1n) is 4.98. The first-order valence-corrected chi connectivity index (χ1v) is 5.35. The molecule has 1 aliphatic rings. The van der Waals surface area contributed by atoms with Crippen LogP contribution < -0.4 is 5.73 Å². The van der Waals surface area contributed by atoms with Gasteiger partial charge in [0.15, 0.2) is 0 Å². The number of rotatable bonds is 2. The maximum absolute atomic E-state index is 11.9. The third-order valence-electron chi connectivity index (χ3n) is 2.58. The average Bonchev–Trinajstić information content (AvgIpc) is 2.23. The van der Waals surface area contributed by atoms with Crippen molar-refractivity contribution in [3.63, 3.8) is 0 Å². The zero-order chi connectivity index (χ0) is 12.6. The molecule has 2 N–H and O–H groups in total. The highest BCUT2D eigenvalue weighted by Crippen LogP contribution is 2.25. The van der Waals surface area contributed by atoms with Gasteiger partial charge in [-0.2, -0.15) is 0 Å². The Hall–Kier alpha value is -1.66. The Morgan fingerprint density at radius 3 is 2.71 bits per heavy atom. The van der Waals surface area contributed by atoms with Gasteiger partial charge in [0.1, 0.15) is 5.56 Å². The molecule has 1 aliphatic heterocycles. The zero-order valence-electron chi connectivity index (χ0n) is 8.80. The first kappa shape index (κ1) is 11.8. The van der Waals surface area contributed by atoms with Crippen molar-refractivity contribution in [3.8, 4) is 0 Å². The maximum Gasteiger partial charge on any atom is 0.283 e. The lowest BCUT2D eigenvalue weighted by atomic mass is 10.1. The number of nitro groups is 1. The van der Waals surface area contributed by atoms with Crippen LogP contribution in [0.25, 0.3) is 0 Å². The topological polar surface area (TPSA) is 89.5 Å². The van der Waals surface area contributed by atoms with Gasteiger partial charge in [-0.3, -0.25) is 14.9 Å². The van der Waals surface area contributed by atoms with Crippen molar-refractivity contribution in [1.82, 2.24) is 4.90 Å². The SMILES string of the molecule is NC1CN(C(=O)c2ccc(Cl)cc2[N+](=O)[O-])C1. The van der Waals surface area contributed by atoms with Gasteiger partial charge in [0.05, 0.1) is 4.92 Å². The second-order valence-corrected chi connectivity index (χ2v) is 4.33. The number of amides is 1. The Morgan fingerprint density at radius 1 is 1.53 bits per heavy atom. The van der Waals surface area contributed by atoms with E-state index in [4.69, 9.17) is 17.3 Å². The van der Waals surface area contributed by atoms with Crippen molar-refractivity contribution >= 4 is 23.2 Å². The predicted molar refractivity (Wildman–Crippen MR) is 62.0 cm³/mol. The first-order chi connectivity index (χ1) is 7.99. The lowest BCUT2D eigenvalue weighted by Crippen LogP contribution is -2.57. The molecule has 0 radical (unpaired) electrons. The Bertz CT molecular complexity index is 486. The molecule has 0 unspecified atom stereocenters. The third-order valence-corrected chi connectivity index (χ3v) is 2.82. The van der Waals surface area contributed by atoms with E-state index < -0.39 is 4.92 Å². The lowest BCUT2D eigenvalue weighted by molar-refractivity contribution is -0.385. The summed E-state index contributed by atoms with van der Waals surface area (Å²) in [5.41, 5.74) is 5.33. The summed E-state index contributed by atoms with van der Waals surface area (Å²) in [6, 6.07) is 3.97. The molecule has 0 bridgehead atoms. The number of hydrogen-bond acceptors (Lipinski definition) is 4. The highest BCUT2D eigenvalue weighted by Gasteiger charge is 2.32. The molecule has 1 saturated heterocycles. The van der Waals surface area contributed by atoms with E-state index in [-0.39, 0.29) is 28.2 Å². The van der Waals surface area contributed by atoms with Crippen LogP contribution in [0.4, 0.5) is 5.69 Å². The minimum atomic E-state index is -0.612. The number of nitrogens with two attached hydrogens (primary N) is 1. The fourth-order valence-electron chi connectivity index (χ4n) is 1.69. The maximum atomic E-state index is 11.9. The Labute approximate surface area is 102 Å². The van der Waals surface area contributed by atoms with E-state index in [0.717, 1.165) is 0 Å². The van der Waals surface area contributed by atoms with Crippen LogP contribution in [0.15, 0.2) is 18.2 Å². The van der Waals surface area contributed by atoms with E-state index in [9.17, 15) is 14.9 Å². The minimum absolute atomic E-state index is 0.0368. The Kier molecular flexibility index (Phi) is 2.99. The normalized spacial score (nSPS) is 15.5. The molecule has 1 amide bonds. The summed E-state index contributed by atoms with van der Waals surface area (Å²) in [6.07, 6.45) is 0. The highest BCUT2D eigenvalue weighted by molar-refractivity contribution is 6.31. The van der Waals surface area contributed by atoms with Gasteiger partial charge in [0, 0.05) is 30.2 Å². The van der Waals surface area contributed by atoms with Crippen molar-refractivity contribution in [2.75, 3.05) is 13.1 Å². The molecule has 2 rings (SSSR count). The van der Waals surface area contributed by atoms with Crippen molar-refractivity contribution in [2.45, 2.75) is 6.04 Å². The van der Waals surface area contributed by atoms with E-state index in [1.807, 2.05) is 0 Å². The fourth-order valence-corrected chi connectivity index (χ4v) is 1.85. The number of benzene rings is 1. The molecule has 0 atom stereocenters. The summed E-state index contributed by atoms with van der Waals surface area (Å²) < 4.78 is 0. The van der Waals surface area contributed by atoms with Crippen LogP contribution in [0.2, 0.25) is 5.02 Å². The molecule has 0 aliphatic carbocycles. The van der Waals surface area contributed by atoms with Crippen molar-refractivity contribution in [3.05, 3.63) is 38.9 Å². The standard InChI is InChI=1S/C10H10ClN3O3/c11-6-1-2-8(9(3-6)14(16)17)10(15)13-4-7(12)5-13/h1-3,7H,4-5,12H2. The number of carbonyl (C=O) groups is 1. The number of nitro benzene ring substituents is 1. The van der Waals surface area contributed by atoms with Crippen LogP contribution in [0.3, 0.4) is 0 Å². The van der Waals surface area contributed by atoms with Gasteiger partial charge in [0.25, 0.3) is 11.6 Å². The third kappa shape index (κ3) is 2.22. The summed E-state index contributed by atoms with van der Waals surface area (Å²) >= 11 is 5.67. The van der Waals surface area contributed by atoms with Crippen LogP contribution in [-0.2, 0) is 0 Å². The van der Waals surface area contributed by atoms with Gasteiger partial charge in [-0.05, 0) is 12.1 Å². The van der Waals surface area contributed by atoms with Crippen molar-refractivity contribution < 1.29 is 9.72 Å². The smallest absolute Gasteiger partial charge is 0.283 e. The van der Waals surface area contributed by atoms with Gasteiger partial charge < -0.3 is 10.6 Å².